The monoisotopic (exact) mass is 230 g/mol. The number of hydrogen-bond acceptors (Lipinski definition) is 2. The summed E-state index contributed by atoms with van der Waals surface area (Å²) in [6.45, 7) is 2.13. The van der Waals surface area contributed by atoms with Crippen LogP contribution >= 0.6 is 0 Å². The van der Waals surface area contributed by atoms with Crippen LogP contribution in [0, 0.1) is 0 Å². The molecule has 0 heterocycles. The van der Waals surface area contributed by atoms with E-state index in [1.54, 1.807) is 30.3 Å². The molecule has 1 rings (SSSR count). The van der Waals surface area contributed by atoms with Gasteiger partial charge in [-0.3, -0.25) is 9.59 Å². The van der Waals surface area contributed by atoms with Crippen LogP contribution in [0.1, 0.15) is 43.0 Å². The Morgan fingerprint density at radius 3 is 2.47 bits per heavy atom. The first-order chi connectivity index (χ1) is 8.25. The highest BCUT2D eigenvalue weighted by Gasteiger charge is 2.11. The quantitative estimate of drug-likeness (QED) is 0.310. The van der Waals surface area contributed by atoms with Gasteiger partial charge in [0.15, 0.2) is 0 Å². The molecule has 2 nitrogen and oxygen atoms in total. The molecule has 0 atom stereocenters. The third-order valence-electron chi connectivity index (χ3n) is 2.50. The molecule has 0 N–H and O–H groups in total. The van der Waals surface area contributed by atoms with Crippen molar-refractivity contribution in [2.75, 3.05) is 0 Å². The van der Waals surface area contributed by atoms with Gasteiger partial charge in [-0.1, -0.05) is 56.2 Å². The Bertz CT molecular complexity index is 391. The number of ketones is 2. The van der Waals surface area contributed by atoms with E-state index in [-0.39, 0.29) is 0 Å². The summed E-state index contributed by atoms with van der Waals surface area (Å²) in [6.07, 6.45) is 7.43. The maximum atomic E-state index is 11.7. The SMILES string of the molecule is CCCCCC=CC(=O)C(=O)c1ccccc1. The predicted molar refractivity (Wildman–Crippen MR) is 69.1 cm³/mol. The van der Waals surface area contributed by atoms with Crippen molar-refractivity contribution >= 4 is 11.6 Å². The van der Waals surface area contributed by atoms with Gasteiger partial charge < -0.3 is 0 Å². The minimum absolute atomic E-state index is 0.433. The highest BCUT2D eigenvalue weighted by atomic mass is 16.2. The maximum Gasteiger partial charge on any atom is 0.232 e. The lowest BCUT2D eigenvalue weighted by atomic mass is 10.1. The molecule has 90 valence electrons. The van der Waals surface area contributed by atoms with Crippen molar-refractivity contribution in [2.24, 2.45) is 0 Å². The van der Waals surface area contributed by atoms with Crippen molar-refractivity contribution in [1.82, 2.24) is 0 Å². The minimum atomic E-state index is -0.437. The first-order valence-electron chi connectivity index (χ1n) is 6.06. The van der Waals surface area contributed by atoms with Crippen LogP contribution in [0.25, 0.3) is 0 Å². The number of carbonyl (C=O) groups excluding carboxylic acids is 2. The summed E-state index contributed by atoms with van der Waals surface area (Å²) in [7, 11) is 0. The van der Waals surface area contributed by atoms with E-state index >= 15 is 0 Å². The largest absolute Gasteiger partial charge is 0.286 e. The lowest BCUT2D eigenvalue weighted by molar-refractivity contribution is -0.110. The number of rotatable bonds is 7. The molecule has 0 saturated carbocycles. The van der Waals surface area contributed by atoms with Crippen LogP contribution in [-0.2, 0) is 4.79 Å². The first-order valence-corrected chi connectivity index (χ1v) is 6.06. The summed E-state index contributed by atoms with van der Waals surface area (Å²) in [5.41, 5.74) is 0.454. The molecule has 0 spiro atoms. The van der Waals surface area contributed by atoms with Crippen LogP contribution in [-0.4, -0.2) is 11.6 Å². The fourth-order valence-electron chi connectivity index (χ4n) is 1.51. The van der Waals surface area contributed by atoms with Gasteiger partial charge in [0.2, 0.25) is 11.6 Å². The first kappa shape index (κ1) is 13.4. The Hall–Kier alpha value is -1.70. The molecule has 1 aromatic rings. The Kier molecular flexibility index (Phi) is 5.94. The number of benzene rings is 1. The topological polar surface area (TPSA) is 34.1 Å². The van der Waals surface area contributed by atoms with Gasteiger partial charge in [0, 0.05) is 5.56 Å². The molecule has 0 fully saturated rings. The number of carbonyl (C=O) groups is 2. The maximum absolute atomic E-state index is 11.7. The minimum Gasteiger partial charge on any atom is -0.286 e. The summed E-state index contributed by atoms with van der Waals surface area (Å²) in [6, 6.07) is 8.65. The van der Waals surface area contributed by atoms with Gasteiger partial charge in [-0.2, -0.15) is 0 Å². The Labute approximate surface area is 102 Å². The summed E-state index contributed by atoms with van der Waals surface area (Å²) < 4.78 is 0. The van der Waals surface area contributed by atoms with Gasteiger partial charge >= 0.3 is 0 Å². The number of allylic oxidation sites excluding steroid dienone is 2. The lowest BCUT2D eigenvalue weighted by Crippen LogP contribution is -2.10. The highest BCUT2D eigenvalue weighted by molar-refractivity contribution is 6.47. The van der Waals surface area contributed by atoms with Crippen molar-refractivity contribution in [2.45, 2.75) is 32.6 Å². The summed E-state index contributed by atoms with van der Waals surface area (Å²) in [5, 5.41) is 0. The molecular formula is C15H18O2. The molecule has 0 saturated heterocycles. The zero-order valence-corrected chi connectivity index (χ0v) is 10.2. The molecule has 1 aromatic carbocycles. The molecule has 0 unspecified atom stereocenters. The van der Waals surface area contributed by atoms with Gasteiger partial charge in [-0.25, -0.2) is 0 Å². The van der Waals surface area contributed by atoms with Crippen molar-refractivity contribution in [3.8, 4) is 0 Å². The zero-order chi connectivity index (χ0) is 12.5. The molecule has 0 radical (unpaired) electrons. The van der Waals surface area contributed by atoms with Gasteiger partial charge in [0.1, 0.15) is 0 Å². The zero-order valence-electron chi connectivity index (χ0n) is 10.2. The third kappa shape index (κ3) is 4.77. The third-order valence-corrected chi connectivity index (χ3v) is 2.50. The van der Waals surface area contributed by atoms with Crippen LogP contribution in [0.5, 0.6) is 0 Å². The van der Waals surface area contributed by atoms with E-state index in [1.165, 1.54) is 6.08 Å². The van der Waals surface area contributed by atoms with E-state index < -0.39 is 11.6 Å². The standard InChI is InChI=1S/C15H18O2/c1-2-3-4-5-9-12-14(16)15(17)13-10-7-6-8-11-13/h6-12H,2-5H2,1H3. The second-order valence-electron chi connectivity index (χ2n) is 3.96. The van der Waals surface area contributed by atoms with Crippen LogP contribution < -0.4 is 0 Å². The van der Waals surface area contributed by atoms with Crippen LogP contribution in [0.15, 0.2) is 42.5 Å². The van der Waals surface area contributed by atoms with Crippen molar-refractivity contribution < 1.29 is 9.59 Å². The second kappa shape index (κ2) is 7.55. The van der Waals surface area contributed by atoms with Gasteiger partial charge in [0.05, 0.1) is 0 Å². The van der Waals surface area contributed by atoms with E-state index in [4.69, 9.17) is 0 Å². The fraction of sp³-hybridized carbons (Fsp3) is 0.333. The van der Waals surface area contributed by atoms with E-state index in [2.05, 4.69) is 6.92 Å². The molecule has 0 aliphatic rings. The van der Waals surface area contributed by atoms with Crippen LogP contribution in [0.3, 0.4) is 0 Å². The van der Waals surface area contributed by atoms with Gasteiger partial charge in [-0.15, -0.1) is 0 Å². The van der Waals surface area contributed by atoms with E-state index in [9.17, 15) is 9.59 Å². The molecular weight excluding hydrogens is 212 g/mol. The van der Waals surface area contributed by atoms with E-state index in [1.807, 2.05) is 6.07 Å². The summed E-state index contributed by atoms with van der Waals surface area (Å²) in [4.78, 5) is 23.2. The molecule has 0 aromatic heterocycles. The molecule has 2 heteroatoms. The van der Waals surface area contributed by atoms with Crippen LogP contribution in [0.4, 0.5) is 0 Å². The smallest absolute Gasteiger partial charge is 0.232 e. The van der Waals surface area contributed by atoms with Gasteiger partial charge in [-0.05, 0) is 18.9 Å². The Morgan fingerprint density at radius 1 is 1.12 bits per heavy atom. The average molecular weight is 230 g/mol. The lowest BCUT2D eigenvalue weighted by Gasteiger charge is -1.95. The van der Waals surface area contributed by atoms with E-state index in [0.29, 0.717) is 5.56 Å². The number of hydrogen-bond donors (Lipinski definition) is 0. The molecule has 17 heavy (non-hydrogen) atoms. The van der Waals surface area contributed by atoms with Crippen molar-refractivity contribution in [3.05, 3.63) is 48.0 Å². The molecule has 0 aliphatic heterocycles. The fourth-order valence-corrected chi connectivity index (χ4v) is 1.51. The summed E-state index contributed by atoms with van der Waals surface area (Å²) in [5.74, 6) is -0.870. The number of Topliss-reactive ketones (excluding diaryl/α,β-unsaturated/α-hetero) is 1. The van der Waals surface area contributed by atoms with Gasteiger partial charge in [0.25, 0.3) is 0 Å². The average Bonchev–Trinajstić information content (AvgIpc) is 2.38. The highest BCUT2D eigenvalue weighted by Crippen LogP contribution is 2.03. The van der Waals surface area contributed by atoms with Crippen molar-refractivity contribution in [3.63, 3.8) is 0 Å². The van der Waals surface area contributed by atoms with Crippen LogP contribution in [0.2, 0.25) is 0 Å². The molecule has 0 aliphatic carbocycles. The van der Waals surface area contributed by atoms with E-state index in [0.717, 1.165) is 25.7 Å². The Morgan fingerprint density at radius 2 is 1.82 bits per heavy atom. The summed E-state index contributed by atoms with van der Waals surface area (Å²) >= 11 is 0. The predicted octanol–water partition coefficient (Wildman–Crippen LogP) is 3.57. The normalized spacial score (nSPS) is 10.6. The Balaban J connectivity index is 2.45. The second-order valence-corrected chi connectivity index (χ2v) is 3.96. The molecule has 0 bridgehead atoms. The van der Waals surface area contributed by atoms with Crippen molar-refractivity contribution in [1.29, 1.82) is 0 Å². The molecule has 0 amide bonds. The number of unbranched alkanes of at least 4 members (excludes halogenated alkanes) is 3.